The first kappa shape index (κ1) is 15.3. The molecular formula is C15H19FN2O3. The van der Waals surface area contributed by atoms with Crippen molar-refractivity contribution in [1.82, 2.24) is 10.2 Å². The van der Waals surface area contributed by atoms with Gasteiger partial charge in [0, 0.05) is 12.6 Å². The Kier molecular flexibility index (Phi) is 4.77. The van der Waals surface area contributed by atoms with Crippen molar-refractivity contribution in [2.24, 2.45) is 0 Å². The zero-order valence-electron chi connectivity index (χ0n) is 11.9. The normalized spacial score (nSPS) is 15.3. The highest BCUT2D eigenvalue weighted by Crippen LogP contribution is 2.27. The van der Waals surface area contributed by atoms with E-state index in [0.29, 0.717) is 0 Å². The van der Waals surface area contributed by atoms with E-state index in [1.807, 2.05) is 6.92 Å². The van der Waals surface area contributed by atoms with Crippen molar-refractivity contribution in [2.45, 2.75) is 38.3 Å². The highest BCUT2D eigenvalue weighted by Gasteiger charge is 2.33. The molecule has 0 spiro atoms. The fraction of sp³-hybridized carbons (Fsp3) is 0.467. The Morgan fingerprint density at radius 3 is 2.52 bits per heavy atom. The van der Waals surface area contributed by atoms with Crippen molar-refractivity contribution in [3.8, 4) is 0 Å². The van der Waals surface area contributed by atoms with E-state index in [4.69, 9.17) is 5.11 Å². The molecule has 1 saturated carbocycles. The van der Waals surface area contributed by atoms with Crippen LogP contribution in [0.2, 0.25) is 0 Å². The molecule has 1 fully saturated rings. The minimum Gasteiger partial charge on any atom is -0.481 e. The molecule has 0 heterocycles. The van der Waals surface area contributed by atoms with E-state index in [2.05, 4.69) is 5.32 Å². The first-order valence-corrected chi connectivity index (χ1v) is 7.01. The summed E-state index contributed by atoms with van der Waals surface area (Å²) in [6, 6.07) is 5.56. The van der Waals surface area contributed by atoms with Crippen LogP contribution in [0.25, 0.3) is 0 Å². The Labute approximate surface area is 122 Å². The average molecular weight is 294 g/mol. The number of nitrogens with zero attached hydrogens (tertiary/aromatic N) is 1. The smallest absolute Gasteiger partial charge is 0.318 e. The van der Waals surface area contributed by atoms with Crippen LogP contribution in [0.5, 0.6) is 0 Å². The summed E-state index contributed by atoms with van der Waals surface area (Å²) in [5, 5.41) is 11.6. The lowest BCUT2D eigenvalue weighted by atomic mass is 10.1. The molecular weight excluding hydrogens is 275 g/mol. The van der Waals surface area contributed by atoms with Gasteiger partial charge in [-0.3, -0.25) is 4.79 Å². The lowest BCUT2D eigenvalue weighted by molar-refractivity contribution is -0.137. The fourth-order valence-electron chi connectivity index (χ4n) is 2.16. The van der Waals surface area contributed by atoms with Gasteiger partial charge in [0.05, 0.1) is 12.5 Å². The van der Waals surface area contributed by atoms with Crippen LogP contribution in [0.1, 0.15) is 37.8 Å². The molecule has 2 rings (SSSR count). The molecule has 2 N–H and O–H groups in total. The third kappa shape index (κ3) is 4.44. The highest BCUT2D eigenvalue weighted by atomic mass is 19.1. The Morgan fingerprint density at radius 2 is 2.00 bits per heavy atom. The first-order chi connectivity index (χ1) is 9.97. The molecule has 0 saturated heterocycles. The summed E-state index contributed by atoms with van der Waals surface area (Å²) in [5.41, 5.74) is 0.804. The van der Waals surface area contributed by atoms with E-state index in [-0.39, 0.29) is 36.9 Å². The molecule has 1 aromatic carbocycles. The Bertz CT molecular complexity index is 514. The van der Waals surface area contributed by atoms with Gasteiger partial charge in [0.15, 0.2) is 0 Å². The van der Waals surface area contributed by atoms with Crippen LogP contribution in [0, 0.1) is 5.82 Å². The van der Waals surface area contributed by atoms with Crippen molar-refractivity contribution in [1.29, 1.82) is 0 Å². The number of carboxylic acids is 1. The van der Waals surface area contributed by atoms with Crippen LogP contribution < -0.4 is 5.32 Å². The lowest BCUT2D eigenvalue weighted by Gasteiger charge is -2.24. The van der Waals surface area contributed by atoms with Crippen molar-refractivity contribution >= 4 is 12.0 Å². The number of halogens is 1. The minimum atomic E-state index is -0.917. The molecule has 1 unspecified atom stereocenters. The van der Waals surface area contributed by atoms with Gasteiger partial charge in [-0.05, 0) is 37.5 Å². The maximum atomic E-state index is 12.9. The van der Waals surface area contributed by atoms with Crippen LogP contribution >= 0.6 is 0 Å². The van der Waals surface area contributed by atoms with E-state index in [1.54, 1.807) is 17.0 Å². The molecule has 21 heavy (non-hydrogen) atoms. The average Bonchev–Trinajstić information content (AvgIpc) is 3.23. The third-order valence-electron chi connectivity index (χ3n) is 3.53. The third-order valence-corrected chi connectivity index (χ3v) is 3.53. The van der Waals surface area contributed by atoms with Gasteiger partial charge in [-0.1, -0.05) is 12.1 Å². The standard InChI is InChI=1S/C15H19FN2O3/c1-10(11-2-4-12(16)5-3-11)17-15(21)18(13-6-7-13)9-8-14(19)20/h2-5,10,13H,6-9H2,1H3,(H,17,21)(H,19,20). The number of hydrogen-bond donors (Lipinski definition) is 2. The zero-order valence-corrected chi connectivity index (χ0v) is 11.9. The zero-order chi connectivity index (χ0) is 15.4. The van der Waals surface area contributed by atoms with Gasteiger partial charge in [-0.15, -0.1) is 0 Å². The summed E-state index contributed by atoms with van der Waals surface area (Å²) >= 11 is 0. The number of aliphatic carboxylic acids is 1. The lowest BCUT2D eigenvalue weighted by Crippen LogP contribution is -2.43. The van der Waals surface area contributed by atoms with Crippen LogP contribution in [0.4, 0.5) is 9.18 Å². The van der Waals surface area contributed by atoms with Crippen LogP contribution in [0.15, 0.2) is 24.3 Å². The van der Waals surface area contributed by atoms with E-state index >= 15 is 0 Å². The molecule has 1 aliphatic rings. The molecule has 2 amide bonds. The Hall–Kier alpha value is -2.11. The predicted octanol–water partition coefficient (Wildman–Crippen LogP) is 2.54. The van der Waals surface area contributed by atoms with Crippen molar-refractivity contribution < 1.29 is 19.1 Å². The second kappa shape index (κ2) is 6.56. The summed E-state index contributed by atoms with van der Waals surface area (Å²) in [5.74, 6) is -1.24. The van der Waals surface area contributed by atoms with Gasteiger partial charge in [-0.2, -0.15) is 0 Å². The molecule has 1 aliphatic carbocycles. The Balaban J connectivity index is 1.94. The van der Waals surface area contributed by atoms with E-state index in [0.717, 1.165) is 18.4 Å². The number of carbonyl (C=O) groups is 2. The fourth-order valence-corrected chi connectivity index (χ4v) is 2.16. The SMILES string of the molecule is CC(NC(=O)N(CCC(=O)O)C1CC1)c1ccc(F)cc1. The molecule has 1 atom stereocenters. The maximum Gasteiger partial charge on any atom is 0.318 e. The largest absolute Gasteiger partial charge is 0.481 e. The summed E-state index contributed by atoms with van der Waals surface area (Å²) in [6.07, 6.45) is 1.77. The van der Waals surface area contributed by atoms with E-state index < -0.39 is 5.97 Å². The number of urea groups is 1. The number of hydrogen-bond acceptors (Lipinski definition) is 2. The van der Waals surface area contributed by atoms with Crippen molar-refractivity contribution in [2.75, 3.05) is 6.54 Å². The second-order valence-electron chi connectivity index (χ2n) is 5.29. The molecule has 1 aromatic rings. The number of rotatable bonds is 6. The number of carbonyl (C=O) groups excluding carboxylic acids is 1. The quantitative estimate of drug-likeness (QED) is 0.847. The summed E-state index contributed by atoms with van der Waals surface area (Å²) in [6.45, 7) is 2.02. The van der Waals surface area contributed by atoms with Crippen LogP contribution in [0.3, 0.4) is 0 Å². The number of nitrogens with one attached hydrogen (secondary N) is 1. The van der Waals surface area contributed by atoms with Gasteiger partial charge in [0.2, 0.25) is 0 Å². The van der Waals surface area contributed by atoms with Crippen molar-refractivity contribution in [3.05, 3.63) is 35.6 Å². The molecule has 114 valence electrons. The number of benzene rings is 1. The molecule has 0 bridgehead atoms. The topological polar surface area (TPSA) is 69.6 Å². The maximum absolute atomic E-state index is 12.9. The predicted molar refractivity (Wildman–Crippen MR) is 75.3 cm³/mol. The van der Waals surface area contributed by atoms with E-state index in [1.165, 1.54) is 12.1 Å². The van der Waals surface area contributed by atoms with Gasteiger partial charge in [0.25, 0.3) is 0 Å². The van der Waals surface area contributed by atoms with Crippen molar-refractivity contribution in [3.63, 3.8) is 0 Å². The monoisotopic (exact) mass is 294 g/mol. The second-order valence-corrected chi connectivity index (χ2v) is 5.29. The Morgan fingerprint density at radius 1 is 1.38 bits per heavy atom. The van der Waals surface area contributed by atoms with Gasteiger partial charge < -0.3 is 15.3 Å². The summed E-state index contributed by atoms with van der Waals surface area (Å²) in [4.78, 5) is 24.5. The van der Waals surface area contributed by atoms with Gasteiger partial charge in [0.1, 0.15) is 5.82 Å². The first-order valence-electron chi connectivity index (χ1n) is 7.01. The molecule has 0 radical (unpaired) electrons. The molecule has 0 aliphatic heterocycles. The van der Waals surface area contributed by atoms with Gasteiger partial charge in [-0.25, -0.2) is 9.18 Å². The number of carboxylic acid groups (broad SMARTS) is 1. The minimum absolute atomic E-state index is 0.0607. The van der Waals surface area contributed by atoms with Crippen LogP contribution in [-0.4, -0.2) is 34.6 Å². The highest BCUT2D eigenvalue weighted by molar-refractivity contribution is 5.76. The number of amides is 2. The molecule has 0 aromatic heterocycles. The molecule has 5 nitrogen and oxygen atoms in total. The summed E-state index contributed by atoms with van der Waals surface area (Å²) < 4.78 is 12.9. The summed E-state index contributed by atoms with van der Waals surface area (Å²) in [7, 11) is 0. The molecule has 6 heteroatoms. The van der Waals surface area contributed by atoms with Crippen LogP contribution in [-0.2, 0) is 4.79 Å². The van der Waals surface area contributed by atoms with E-state index in [9.17, 15) is 14.0 Å². The van der Waals surface area contributed by atoms with Gasteiger partial charge >= 0.3 is 12.0 Å².